The van der Waals surface area contributed by atoms with Crippen LogP contribution in [0.4, 0.5) is 13.2 Å². The van der Waals surface area contributed by atoms with Crippen molar-refractivity contribution < 1.29 is 32.2 Å². The highest BCUT2D eigenvalue weighted by molar-refractivity contribution is 6.07. The van der Waals surface area contributed by atoms with Gasteiger partial charge in [-0.3, -0.25) is 9.78 Å². The first-order valence-electron chi connectivity index (χ1n) is 10.4. The Morgan fingerprint density at radius 3 is 2.75 bits per heavy atom. The molecule has 1 fully saturated rings. The van der Waals surface area contributed by atoms with E-state index in [1.54, 1.807) is 30.0 Å². The number of hydrogen-bond donors (Lipinski definition) is 1. The third-order valence-electron chi connectivity index (χ3n) is 5.72. The van der Waals surface area contributed by atoms with Gasteiger partial charge < -0.3 is 19.2 Å². The number of ether oxygens (including phenoxy) is 1. The minimum atomic E-state index is -4.58. The molecule has 0 unspecified atom stereocenters. The molecule has 1 N–H and O–H groups in total. The zero-order chi connectivity index (χ0) is 22.9. The number of aromatic nitrogens is 1. The van der Waals surface area contributed by atoms with Gasteiger partial charge in [-0.15, -0.1) is 0 Å². The fourth-order valence-electron chi connectivity index (χ4n) is 3.93. The van der Waals surface area contributed by atoms with Crippen LogP contribution in [0.2, 0.25) is 0 Å². The molecule has 0 saturated heterocycles. The predicted octanol–water partition coefficient (Wildman–Crippen LogP) is 4.72. The normalized spacial score (nSPS) is 14.4. The Morgan fingerprint density at radius 1 is 1.31 bits per heavy atom. The summed E-state index contributed by atoms with van der Waals surface area (Å²) in [6, 6.07) is 7.63. The number of alkyl halides is 3. The number of furan rings is 1. The average Bonchev–Trinajstić information content (AvgIpc) is 3.04. The molecule has 0 aliphatic heterocycles. The SMILES string of the molecule is Cc1oc2ccc(OCc3cccnc3C(F)(F)F)cc2c1C(=O)N(CCO)C1CCC1. The third kappa shape index (κ3) is 4.29. The minimum absolute atomic E-state index is 0.0844. The lowest BCUT2D eigenvalue weighted by Gasteiger charge is -2.37. The number of aliphatic hydroxyl groups is 1. The second kappa shape index (κ2) is 8.82. The molecule has 3 aromatic rings. The van der Waals surface area contributed by atoms with Gasteiger partial charge in [0.25, 0.3) is 5.91 Å². The summed E-state index contributed by atoms with van der Waals surface area (Å²) < 4.78 is 50.9. The quantitative estimate of drug-likeness (QED) is 0.566. The zero-order valence-corrected chi connectivity index (χ0v) is 17.5. The number of nitrogens with zero attached hydrogens (tertiary/aromatic N) is 2. The Labute approximate surface area is 182 Å². The van der Waals surface area contributed by atoms with Gasteiger partial charge in [-0.05, 0) is 50.5 Å². The fraction of sp³-hybridized carbons (Fsp3) is 0.391. The molecule has 1 saturated carbocycles. The van der Waals surface area contributed by atoms with E-state index in [1.807, 2.05) is 0 Å². The number of carbonyl (C=O) groups excluding carboxylic acids is 1. The topological polar surface area (TPSA) is 75.8 Å². The fourth-order valence-corrected chi connectivity index (χ4v) is 3.93. The van der Waals surface area contributed by atoms with Gasteiger partial charge in [-0.25, -0.2) is 0 Å². The van der Waals surface area contributed by atoms with Crippen LogP contribution in [0, 0.1) is 6.92 Å². The summed E-state index contributed by atoms with van der Waals surface area (Å²) >= 11 is 0. The number of amides is 1. The summed E-state index contributed by atoms with van der Waals surface area (Å²) in [4.78, 5) is 18.4. The number of carbonyl (C=O) groups is 1. The second-order valence-corrected chi connectivity index (χ2v) is 7.80. The van der Waals surface area contributed by atoms with Gasteiger partial charge in [0.15, 0.2) is 5.69 Å². The molecule has 1 amide bonds. The lowest BCUT2D eigenvalue weighted by Crippen LogP contribution is -2.45. The molecule has 32 heavy (non-hydrogen) atoms. The number of aliphatic hydroxyl groups excluding tert-OH is 1. The first kappa shape index (κ1) is 22.1. The first-order chi connectivity index (χ1) is 15.3. The van der Waals surface area contributed by atoms with Crippen LogP contribution in [0.15, 0.2) is 40.9 Å². The van der Waals surface area contributed by atoms with Crippen molar-refractivity contribution in [3.63, 3.8) is 0 Å². The van der Waals surface area contributed by atoms with E-state index in [2.05, 4.69) is 4.98 Å². The highest BCUT2D eigenvalue weighted by Gasteiger charge is 2.35. The van der Waals surface area contributed by atoms with Crippen LogP contribution in [0.3, 0.4) is 0 Å². The summed E-state index contributed by atoms with van der Waals surface area (Å²) in [7, 11) is 0. The number of halogens is 3. The number of pyridine rings is 1. The van der Waals surface area contributed by atoms with E-state index >= 15 is 0 Å². The molecule has 1 aliphatic rings. The van der Waals surface area contributed by atoms with Crippen molar-refractivity contribution in [3.05, 3.63) is 59.1 Å². The molecular weight excluding hydrogens is 425 g/mol. The Hall–Kier alpha value is -3.07. The number of benzene rings is 1. The Kier molecular flexibility index (Phi) is 6.10. The maximum atomic E-state index is 13.3. The Morgan fingerprint density at radius 2 is 2.09 bits per heavy atom. The molecular formula is C23H23F3N2O4. The largest absolute Gasteiger partial charge is 0.489 e. The van der Waals surface area contributed by atoms with Crippen LogP contribution in [0.25, 0.3) is 11.0 Å². The molecule has 2 aromatic heterocycles. The van der Waals surface area contributed by atoms with Crippen LogP contribution in [-0.2, 0) is 12.8 Å². The molecule has 9 heteroatoms. The molecule has 0 bridgehead atoms. The van der Waals surface area contributed by atoms with Gasteiger partial charge in [-0.2, -0.15) is 13.2 Å². The van der Waals surface area contributed by atoms with E-state index in [9.17, 15) is 23.1 Å². The molecule has 2 heterocycles. The van der Waals surface area contributed by atoms with Gasteiger partial charge in [0, 0.05) is 29.7 Å². The first-order valence-corrected chi connectivity index (χ1v) is 10.4. The molecule has 0 spiro atoms. The third-order valence-corrected chi connectivity index (χ3v) is 5.72. The van der Waals surface area contributed by atoms with Crippen LogP contribution >= 0.6 is 0 Å². The van der Waals surface area contributed by atoms with E-state index < -0.39 is 11.9 Å². The smallest absolute Gasteiger partial charge is 0.433 e. The van der Waals surface area contributed by atoms with Crippen molar-refractivity contribution in [2.45, 2.75) is 45.0 Å². The van der Waals surface area contributed by atoms with E-state index in [-0.39, 0.29) is 37.3 Å². The van der Waals surface area contributed by atoms with Gasteiger partial charge in [0.1, 0.15) is 23.7 Å². The maximum absolute atomic E-state index is 13.3. The standard InChI is InChI=1S/C23H23F3N2O4/c1-14-20(22(30)28(10-11-29)16-5-2-6-16)18-12-17(7-8-19(18)32-14)31-13-15-4-3-9-27-21(15)23(24,25)26/h3-4,7-9,12,16,29H,2,5-6,10-11,13H2,1H3. The van der Waals surface area contributed by atoms with Gasteiger partial charge >= 0.3 is 6.18 Å². The lowest BCUT2D eigenvalue weighted by atomic mass is 9.90. The van der Waals surface area contributed by atoms with Gasteiger partial charge in [0.05, 0.1) is 12.2 Å². The Bertz CT molecular complexity index is 1120. The van der Waals surface area contributed by atoms with Gasteiger partial charge in [0.2, 0.25) is 0 Å². The van der Waals surface area contributed by atoms with Crippen molar-refractivity contribution in [3.8, 4) is 5.75 Å². The zero-order valence-electron chi connectivity index (χ0n) is 17.5. The average molecular weight is 448 g/mol. The van der Waals surface area contributed by atoms with E-state index in [0.717, 1.165) is 25.5 Å². The van der Waals surface area contributed by atoms with E-state index in [0.29, 0.717) is 28.0 Å². The van der Waals surface area contributed by atoms with E-state index in [4.69, 9.17) is 9.15 Å². The monoisotopic (exact) mass is 448 g/mol. The van der Waals surface area contributed by atoms with Crippen molar-refractivity contribution in [2.24, 2.45) is 0 Å². The summed E-state index contributed by atoms with van der Waals surface area (Å²) in [6.45, 7) is 1.45. The van der Waals surface area contributed by atoms with Crippen molar-refractivity contribution in [2.75, 3.05) is 13.2 Å². The number of rotatable bonds is 7. The van der Waals surface area contributed by atoms with Crippen LogP contribution in [-0.4, -0.2) is 40.1 Å². The molecule has 0 radical (unpaired) electrons. The number of aryl methyl sites for hydroxylation is 1. The number of fused-ring (bicyclic) bond motifs is 1. The second-order valence-electron chi connectivity index (χ2n) is 7.80. The molecule has 4 rings (SSSR count). The van der Waals surface area contributed by atoms with Crippen molar-refractivity contribution in [1.82, 2.24) is 9.88 Å². The van der Waals surface area contributed by atoms with Crippen molar-refractivity contribution in [1.29, 1.82) is 0 Å². The van der Waals surface area contributed by atoms with E-state index in [1.165, 1.54) is 12.1 Å². The predicted molar refractivity (Wildman–Crippen MR) is 110 cm³/mol. The summed E-state index contributed by atoms with van der Waals surface area (Å²) in [5.74, 6) is 0.515. The number of hydrogen-bond acceptors (Lipinski definition) is 5. The molecule has 1 aromatic carbocycles. The Balaban J connectivity index is 1.62. The van der Waals surface area contributed by atoms with Crippen LogP contribution in [0.5, 0.6) is 5.75 Å². The van der Waals surface area contributed by atoms with Crippen molar-refractivity contribution >= 4 is 16.9 Å². The maximum Gasteiger partial charge on any atom is 0.433 e. The summed E-state index contributed by atoms with van der Waals surface area (Å²) in [5.41, 5.74) is -0.216. The summed E-state index contributed by atoms with van der Waals surface area (Å²) in [5, 5.41) is 9.94. The molecule has 0 atom stereocenters. The summed E-state index contributed by atoms with van der Waals surface area (Å²) in [6.07, 6.45) is -0.673. The molecule has 6 nitrogen and oxygen atoms in total. The molecule has 1 aliphatic carbocycles. The van der Waals surface area contributed by atoms with Crippen LogP contribution in [0.1, 0.15) is 46.6 Å². The highest BCUT2D eigenvalue weighted by Crippen LogP contribution is 2.34. The van der Waals surface area contributed by atoms with Gasteiger partial charge in [-0.1, -0.05) is 6.07 Å². The molecule has 170 valence electrons. The lowest BCUT2D eigenvalue weighted by molar-refractivity contribution is -0.142. The minimum Gasteiger partial charge on any atom is -0.489 e. The highest BCUT2D eigenvalue weighted by atomic mass is 19.4. The van der Waals surface area contributed by atoms with Crippen LogP contribution < -0.4 is 4.74 Å².